The summed E-state index contributed by atoms with van der Waals surface area (Å²) in [7, 11) is 1.86. The lowest BCUT2D eigenvalue weighted by Crippen LogP contribution is -2.36. The van der Waals surface area contributed by atoms with Gasteiger partial charge in [-0.25, -0.2) is 0 Å². The number of rotatable bonds is 6. The number of nitrogens with two attached hydrogens (primary N) is 1. The third-order valence-electron chi connectivity index (χ3n) is 3.39. The summed E-state index contributed by atoms with van der Waals surface area (Å²) in [4.78, 5) is 13.8. The highest BCUT2D eigenvalue weighted by Gasteiger charge is 2.14. The van der Waals surface area contributed by atoms with Gasteiger partial charge >= 0.3 is 0 Å². The van der Waals surface area contributed by atoms with E-state index >= 15 is 0 Å². The van der Waals surface area contributed by atoms with Crippen LogP contribution in [0.3, 0.4) is 0 Å². The van der Waals surface area contributed by atoms with Gasteiger partial charge in [0.05, 0.1) is 0 Å². The molecule has 1 unspecified atom stereocenters. The van der Waals surface area contributed by atoms with Crippen molar-refractivity contribution in [3.63, 3.8) is 0 Å². The first-order valence-electron chi connectivity index (χ1n) is 6.56. The lowest BCUT2D eigenvalue weighted by atomic mass is 10.1. The molecule has 0 heterocycles. The molecule has 1 aromatic rings. The second kappa shape index (κ2) is 7.17. The van der Waals surface area contributed by atoms with E-state index in [9.17, 15) is 4.79 Å². The number of aryl methyl sites for hydroxylation is 2. The van der Waals surface area contributed by atoms with Gasteiger partial charge in [-0.05, 0) is 38.8 Å². The van der Waals surface area contributed by atoms with Crippen molar-refractivity contribution in [3.05, 3.63) is 35.4 Å². The predicted molar refractivity (Wildman–Crippen MR) is 75.4 cm³/mol. The van der Waals surface area contributed by atoms with Crippen LogP contribution in [0.15, 0.2) is 24.3 Å². The summed E-state index contributed by atoms with van der Waals surface area (Å²) in [5.41, 5.74) is 7.97. The summed E-state index contributed by atoms with van der Waals surface area (Å²) < 4.78 is 0. The SMILES string of the molecule is Cc1ccc(CCC(=O)N(C)C(C)CCN)cc1. The molecule has 0 saturated heterocycles. The Balaban J connectivity index is 2.43. The Labute approximate surface area is 110 Å². The van der Waals surface area contributed by atoms with Crippen LogP contribution in [-0.4, -0.2) is 30.4 Å². The maximum atomic E-state index is 12.0. The molecule has 0 saturated carbocycles. The van der Waals surface area contributed by atoms with Crippen LogP contribution in [0.2, 0.25) is 0 Å². The number of carbonyl (C=O) groups is 1. The molecule has 1 atom stereocenters. The molecular weight excluding hydrogens is 224 g/mol. The van der Waals surface area contributed by atoms with Crippen molar-refractivity contribution in [3.8, 4) is 0 Å². The normalized spacial score (nSPS) is 12.2. The molecule has 0 aliphatic carbocycles. The molecule has 3 nitrogen and oxygen atoms in total. The van der Waals surface area contributed by atoms with Gasteiger partial charge in [0.2, 0.25) is 5.91 Å². The Bertz CT molecular complexity index is 373. The number of hydrogen-bond donors (Lipinski definition) is 1. The summed E-state index contributed by atoms with van der Waals surface area (Å²) in [6.07, 6.45) is 2.22. The molecule has 0 spiro atoms. The van der Waals surface area contributed by atoms with Gasteiger partial charge in [0.1, 0.15) is 0 Å². The van der Waals surface area contributed by atoms with Crippen molar-refractivity contribution < 1.29 is 4.79 Å². The van der Waals surface area contributed by atoms with Crippen LogP contribution >= 0.6 is 0 Å². The second-order valence-corrected chi connectivity index (χ2v) is 4.92. The third-order valence-corrected chi connectivity index (χ3v) is 3.39. The van der Waals surface area contributed by atoms with Gasteiger partial charge in [0.15, 0.2) is 0 Å². The fourth-order valence-electron chi connectivity index (χ4n) is 1.86. The third kappa shape index (κ3) is 4.49. The number of benzene rings is 1. The summed E-state index contributed by atoms with van der Waals surface area (Å²) in [6.45, 7) is 4.73. The Morgan fingerprint density at radius 1 is 1.33 bits per heavy atom. The maximum Gasteiger partial charge on any atom is 0.222 e. The molecule has 0 radical (unpaired) electrons. The first-order chi connectivity index (χ1) is 8.54. The summed E-state index contributed by atoms with van der Waals surface area (Å²) >= 11 is 0. The van der Waals surface area contributed by atoms with Crippen molar-refractivity contribution in [2.45, 2.75) is 39.2 Å². The van der Waals surface area contributed by atoms with E-state index in [1.807, 2.05) is 14.0 Å². The first-order valence-corrected chi connectivity index (χ1v) is 6.56. The fourth-order valence-corrected chi connectivity index (χ4v) is 1.86. The van der Waals surface area contributed by atoms with E-state index in [0.717, 1.165) is 12.8 Å². The number of carbonyl (C=O) groups excluding carboxylic acids is 1. The highest BCUT2D eigenvalue weighted by atomic mass is 16.2. The van der Waals surface area contributed by atoms with Crippen molar-refractivity contribution in [1.82, 2.24) is 4.90 Å². The summed E-state index contributed by atoms with van der Waals surface area (Å²) in [6, 6.07) is 8.57. The lowest BCUT2D eigenvalue weighted by Gasteiger charge is -2.24. The topological polar surface area (TPSA) is 46.3 Å². The first kappa shape index (κ1) is 14.7. The quantitative estimate of drug-likeness (QED) is 0.838. The van der Waals surface area contributed by atoms with Gasteiger partial charge in [0.25, 0.3) is 0 Å². The monoisotopic (exact) mass is 248 g/mol. The molecule has 1 aromatic carbocycles. The van der Waals surface area contributed by atoms with Crippen LogP contribution in [0, 0.1) is 6.92 Å². The van der Waals surface area contributed by atoms with Crippen molar-refractivity contribution in [2.75, 3.05) is 13.6 Å². The molecule has 18 heavy (non-hydrogen) atoms. The van der Waals surface area contributed by atoms with Gasteiger partial charge in [-0.1, -0.05) is 29.8 Å². The average molecular weight is 248 g/mol. The van der Waals surface area contributed by atoms with Crippen LogP contribution in [0.25, 0.3) is 0 Å². The lowest BCUT2D eigenvalue weighted by molar-refractivity contribution is -0.131. The summed E-state index contributed by atoms with van der Waals surface area (Å²) in [5, 5.41) is 0. The van der Waals surface area contributed by atoms with E-state index in [0.29, 0.717) is 13.0 Å². The molecule has 100 valence electrons. The zero-order chi connectivity index (χ0) is 13.5. The average Bonchev–Trinajstić information content (AvgIpc) is 2.37. The smallest absolute Gasteiger partial charge is 0.222 e. The highest BCUT2D eigenvalue weighted by Crippen LogP contribution is 2.08. The van der Waals surface area contributed by atoms with Crippen molar-refractivity contribution >= 4 is 5.91 Å². The molecule has 0 fully saturated rings. The van der Waals surface area contributed by atoms with Crippen molar-refractivity contribution in [2.24, 2.45) is 5.73 Å². The van der Waals surface area contributed by atoms with Gasteiger partial charge in [-0.2, -0.15) is 0 Å². The van der Waals surface area contributed by atoms with Crippen LogP contribution in [-0.2, 0) is 11.2 Å². The van der Waals surface area contributed by atoms with Gasteiger partial charge in [0, 0.05) is 19.5 Å². The van der Waals surface area contributed by atoms with Gasteiger partial charge < -0.3 is 10.6 Å². The van der Waals surface area contributed by atoms with E-state index in [-0.39, 0.29) is 11.9 Å². The van der Waals surface area contributed by atoms with E-state index in [2.05, 4.69) is 31.2 Å². The van der Waals surface area contributed by atoms with Crippen LogP contribution in [0.4, 0.5) is 0 Å². The number of amides is 1. The molecule has 0 aromatic heterocycles. The van der Waals surface area contributed by atoms with Gasteiger partial charge in [-0.15, -0.1) is 0 Å². The van der Waals surface area contributed by atoms with Crippen LogP contribution in [0.5, 0.6) is 0 Å². The largest absolute Gasteiger partial charge is 0.343 e. The number of nitrogens with zero attached hydrogens (tertiary/aromatic N) is 1. The fraction of sp³-hybridized carbons (Fsp3) is 0.533. The molecule has 1 rings (SSSR count). The Kier molecular flexibility index (Phi) is 5.86. The number of hydrogen-bond acceptors (Lipinski definition) is 2. The molecule has 0 aliphatic rings. The molecule has 0 aliphatic heterocycles. The zero-order valence-corrected chi connectivity index (χ0v) is 11.6. The molecular formula is C15H24N2O. The van der Waals surface area contributed by atoms with Gasteiger partial charge in [-0.3, -0.25) is 4.79 Å². The molecule has 0 bridgehead atoms. The van der Waals surface area contributed by atoms with E-state index < -0.39 is 0 Å². The zero-order valence-electron chi connectivity index (χ0n) is 11.6. The van der Waals surface area contributed by atoms with Crippen LogP contribution in [0.1, 0.15) is 30.9 Å². The Hall–Kier alpha value is -1.35. The molecule has 1 amide bonds. The van der Waals surface area contributed by atoms with E-state index in [4.69, 9.17) is 5.73 Å². The minimum absolute atomic E-state index is 0.191. The highest BCUT2D eigenvalue weighted by molar-refractivity contribution is 5.76. The minimum Gasteiger partial charge on any atom is -0.343 e. The molecule has 2 N–H and O–H groups in total. The minimum atomic E-state index is 0.191. The summed E-state index contributed by atoms with van der Waals surface area (Å²) in [5.74, 6) is 0.191. The van der Waals surface area contributed by atoms with E-state index in [1.54, 1.807) is 4.90 Å². The molecule has 3 heteroatoms. The van der Waals surface area contributed by atoms with Crippen molar-refractivity contribution in [1.29, 1.82) is 0 Å². The Morgan fingerprint density at radius 2 is 1.94 bits per heavy atom. The maximum absolute atomic E-state index is 12.0. The van der Waals surface area contributed by atoms with Crippen LogP contribution < -0.4 is 5.73 Å². The predicted octanol–water partition coefficient (Wildman–Crippen LogP) is 2.12. The Morgan fingerprint density at radius 3 is 2.50 bits per heavy atom. The van der Waals surface area contributed by atoms with E-state index in [1.165, 1.54) is 11.1 Å². The second-order valence-electron chi connectivity index (χ2n) is 4.92. The standard InChI is InChI=1S/C15H24N2O/c1-12-4-6-14(7-5-12)8-9-15(18)17(3)13(2)10-11-16/h4-7,13H,8-11,16H2,1-3H3.